The van der Waals surface area contributed by atoms with E-state index in [-0.39, 0.29) is 24.4 Å². The number of carbonyl (C=O) groups excluding carboxylic acids is 1. The highest BCUT2D eigenvalue weighted by molar-refractivity contribution is 9.10. The van der Waals surface area contributed by atoms with Gasteiger partial charge in [0.2, 0.25) is 0 Å². The summed E-state index contributed by atoms with van der Waals surface area (Å²) in [6.07, 6.45) is 2.22. The van der Waals surface area contributed by atoms with E-state index in [1.54, 1.807) is 0 Å². The first-order valence-corrected chi connectivity index (χ1v) is 8.78. The van der Waals surface area contributed by atoms with E-state index >= 15 is 0 Å². The van der Waals surface area contributed by atoms with Crippen LogP contribution in [0.15, 0.2) is 34.8 Å². The van der Waals surface area contributed by atoms with Crippen LogP contribution in [-0.4, -0.2) is 40.1 Å². The Morgan fingerprint density at radius 1 is 1.25 bits per heavy atom. The van der Waals surface area contributed by atoms with E-state index in [9.17, 15) is 4.79 Å². The summed E-state index contributed by atoms with van der Waals surface area (Å²) in [4.78, 5) is 14.8. The van der Waals surface area contributed by atoms with Gasteiger partial charge in [-0.2, -0.15) is 5.10 Å². The highest BCUT2D eigenvalue weighted by Gasteiger charge is 2.43. The van der Waals surface area contributed by atoms with Crippen molar-refractivity contribution >= 4 is 34.2 Å². The van der Waals surface area contributed by atoms with Gasteiger partial charge < -0.3 is 10.6 Å². The Labute approximate surface area is 155 Å². The Morgan fingerprint density at radius 3 is 2.71 bits per heavy atom. The minimum absolute atomic E-state index is 0. The van der Waals surface area contributed by atoms with E-state index in [1.165, 1.54) is 0 Å². The van der Waals surface area contributed by atoms with Crippen molar-refractivity contribution in [2.45, 2.75) is 18.9 Å². The molecule has 1 amide bonds. The summed E-state index contributed by atoms with van der Waals surface area (Å²) < 4.78 is 0.732. The van der Waals surface area contributed by atoms with Crippen LogP contribution >= 0.6 is 28.3 Å². The number of H-pyrrole nitrogens is 1. The summed E-state index contributed by atoms with van der Waals surface area (Å²) >= 11 is 3.54. The van der Waals surface area contributed by atoms with E-state index < -0.39 is 0 Å². The van der Waals surface area contributed by atoms with Crippen LogP contribution in [0.1, 0.15) is 23.3 Å². The number of carbonyl (C=O) groups is 1. The first kappa shape index (κ1) is 17.5. The Bertz CT molecular complexity index is 735. The van der Waals surface area contributed by atoms with E-state index in [2.05, 4.69) is 26.1 Å². The van der Waals surface area contributed by atoms with Gasteiger partial charge in [-0.1, -0.05) is 30.3 Å². The van der Waals surface area contributed by atoms with Crippen molar-refractivity contribution in [3.63, 3.8) is 0 Å². The van der Waals surface area contributed by atoms with Crippen LogP contribution in [0.3, 0.4) is 0 Å². The van der Waals surface area contributed by atoms with Crippen LogP contribution in [0.25, 0.3) is 11.3 Å². The van der Waals surface area contributed by atoms with Crippen LogP contribution in [0.2, 0.25) is 0 Å². The molecule has 2 fully saturated rings. The van der Waals surface area contributed by atoms with Gasteiger partial charge in [-0.05, 0) is 40.6 Å². The predicted molar refractivity (Wildman–Crippen MR) is 99.1 cm³/mol. The van der Waals surface area contributed by atoms with Crippen LogP contribution in [0, 0.1) is 11.8 Å². The smallest absolute Gasteiger partial charge is 0.273 e. The maximum atomic E-state index is 12.8. The molecule has 1 aliphatic carbocycles. The Hall–Kier alpha value is -1.37. The van der Waals surface area contributed by atoms with Gasteiger partial charge in [0.05, 0.1) is 4.47 Å². The lowest BCUT2D eigenvalue weighted by Crippen LogP contribution is -2.33. The number of benzene rings is 1. The monoisotopic (exact) mass is 410 g/mol. The normalized spacial score (nSPS) is 25.4. The number of likely N-dealkylation sites (tertiary alicyclic amines) is 1. The van der Waals surface area contributed by atoms with Gasteiger partial charge >= 0.3 is 0 Å². The number of hydrogen-bond acceptors (Lipinski definition) is 3. The van der Waals surface area contributed by atoms with E-state index in [1.807, 2.05) is 35.2 Å². The van der Waals surface area contributed by atoms with Gasteiger partial charge in [0.25, 0.3) is 5.91 Å². The summed E-state index contributed by atoms with van der Waals surface area (Å²) in [5.41, 5.74) is 8.44. The molecule has 3 N–H and O–H groups in total. The maximum absolute atomic E-state index is 12.8. The fraction of sp³-hybridized carbons (Fsp3) is 0.412. The number of nitrogens with zero attached hydrogens (tertiary/aromatic N) is 2. The number of nitrogens with one attached hydrogen (secondary N) is 1. The second-order valence-electron chi connectivity index (χ2n) is 6.50. The molecule has 2 aromatic rings. The van der Waals surface area contributed by atoms with Gasteiger partial charge in [0.1, 0.15) is 11.4 Å². The summed E-state index contributed by atoms with van der Waals surface area (Å²) in [7, 11) is 0. The highest BCUT2D eigenvalue weighted by Crippen LogP contribution is 2.38. The zero-order chi connectivity index (χ0) is 16.0. The minimum atomic E-state index is 0. The second-order valence-corrected chi connectivity index (χ2v) is 7.30. The molecule has 2 aliphatic rings. The minimum Gasteiger partial charge on any atom is -0.337 e. The molecule has 0 bridgehead atoms. The Kier molecular flexibility index (Phi) is 4.99. The molecule has 3 unspecified atom stereocenters. The molecular formula is C17H20BrClN4O. The number of halogens is 2. The summed E-state index contributed by atoms with van der Waals surface area (Å²) in [5, 5.41) is 7.23. The fourth-order valence-electron chi connectivity index (χ4n) is 3.89. The van der Waals surface area contributed by atoms with Gasteiger partial charge in [0, 0.05) is 24.7 Å². The molecule has 128 valence electrons. The average Bonchev–Trinajstić information content (AvgIpc) is 3.24. The number of hydrogen-bond donors (Lipinski definition) is 2. The average molecular weight is 412 g/mol. The van der Waals surface area contributed by atoms with Crippen molar-refractivity contribution in [1.29, 1.82) is 0 Å². The van der Waals surface area contributed by atoms with Crippen LogP contribution in [0.4, 0.5) is 0 Å². The van der Waals surface area contributed by atoms with E-state index in [4.69, 9.17) is 5.73 Å². The molecule has 4 rings (SSSR count). The van der Waals surface area contributed by atoms with Gasteiger partial charge in [-0.3, -0.25) is 9.89 Å². The Balaban J connectivity index is 0.00000169. The van der Waals surface area contributed by atoms with Gasteiger partial charge in [-0.15, -0.1) is 12.4 Å². The molecule has 7 heteroatoms. The van der Waals surface area contributed by atoms with Crippen molar-refractivity contribution in [1.82, 2.24) is 15.1 Å². The zero-order valence-electron chi connectivity index (χ0n) is 13.1. The third kappa shape index (κ3) is 2.87. The van der Waals surface area contributed by atoms with Crippen molar-refractivity contribution in [2.24, 2.45) is 17.6 Å². The zero-order valence-corrected chi connectivity index (χ0v) is 15.5. The highest BCUT2D eigenvalue weighted by atomic mass is 79.9. The molecule has 1 aromatic carbocycles. The molecule has 1 aromatic heterocycles. The number of fused-ring (bicyclic) bond motifs is 1. The molecular weight excluding hydrogens is 392 g/mol. The van der Waals surface area contributed by atoms with E-state index in [0.717, 1.165) is 41.7 Å². The molecule has 0 spiro atoms. The van der Waals surface area contributed by atoms with Crippen molar-refractivity contribution < 1.29 is 4.79 Å². The molecule has 2 heterocycles. The number of aromatic nitrogens is 2. The molecule has 5 nitrogen and oxygen atoms in total. The lowest BCUT2D eigenvalue weighted by atomic mass is 9.98. The number of rotatable bonds is 2. The second kappa shape index (κ2) is 6.86. The SMILES string of the molecule is Cl.NC1CCC2CN(C(=O)c3[nH]nc(-c4ccccc4)c3Br)CC12. The first-order chi connectivity index (χ1) is 11.1. The van der Waals surface area contributed by atoms with Crippen LogP contribution < -0.4 is 5.73 Å². The first-order valence-electron chi connectivity index (χ1n) is 7.99. The van der Waals surface area contributed by atoms with Crippen LogP contribution in [-0.2, 0) is 0 Å². The summed E-state index contributed by atoms with van der Waals surface area (Å²) in [6.45, 7) is 1.57. The van der Waals surface area contributed by atoms with Crippen LogP contribution in [0.5, 0.6) is 0 Å². The third-order valence-electron chi connectivity index (χ3n) is 5.17. The molecule has 1 saturated heterocycles. The standard InChI is InChI=1S/C17H19BrN4O.ClH/c18-14-15(10-4-2-1-3-5-10)20-21-16(14)17(23)22-8-11-6-7-13(19)12(11)9-22;/h1-5,11-13H,6-9,19H2,(H,20,21);1H. The molecule has 1 saturated carbocycles. The van der Waals surface area contributed by atoms with Crippen molar-refractivity contribution in [3.8, 4) is 11.3 Å². The molecule has 3 atom stereocenters. The van der Waals surface area contributed by atoms with Gasteiger partial charge in [-0.25, -0.2) is 0 Å². The lowest BCUT2D eigenvalue weighted by molar-refractivity contribution is 0.0773. The summed E-state index contributed by atoms with van der Waals surface area (Å²) in [5.74, 6) is 1.02. The quantitative estimate of drug-likeness (QED) is 0.797. The summed E-state index contributed by atoms with van der Waals surface area (Å²) in [6, 6.07) is 10.1. The predicted octanol–water partition coefficient (Wildman–Crippen LogP) is 3.07. The number of amides is 1. The lowest BCUT2D eigenvalue weighted by Gasteiger charge is -2.18. The topological polar surface area (TPSA) is 75.0 Å². The fourth-order valence-corrected chi connectivity index (χ4v) is 4.46. The number of nitrogens with two attached hydrogens (primary N) is 1. The maximum Gasteiger partial charge on any atom is 0.273 e. The molecule has 1 aliphatic heterocycles. The third-order valence-corrected chi connectivity index (χ3v) is 5.94. The van der Waals surface area contributed by atoms with Crippen molar-refractivity contribution in [2.75, 3.05) is 13.1 Å². The molecule has 24 heavy (non-hydrogen) atoms. The molecule has 0 radical (unpaired) electrons. The van der Waals surface area contributed by atoms with E-state index in [0.29, 0.717) is 17.5 Å². The van der Waals surface area contributed by atoms with Crippen molar-refractivity contribution in [3.05, 3.63) is 40.5 Å². The number of aromatic amines is 1. The van der Waals surface area contributed by atoms with Gasteiger partial charge in [0.15, 0.2) is 0 Å². The Morgan fingerprint density at radius 2 is 2.00 bits per heavy atom. The largest absolute Gasteiger partial charge is 0.337 e.